The first-order chi connectivity index (χ1) is 5.70. The fraction of sp³-hybridized carbons (Fsp3) is 1.00. The Morgan fingerprint density at radius 2 is 2.17 bits per heavy atom. The van der Waals surface area contributed by atoms with Crippen LogP contribution in [0, 0.1) is 11.8 Å². The molecule has 1 saturated heterocycles. The van der Waals surface area contributed by atoms with E-state index in [4.69, 9.17) is 0 Å². The number of aliphatic hydroxyl groups is 1. The molecule has 1 rings (SSSR count). The highest BCUT2D eigenvalue weighted by atomic mass is 32.2. The van der Waals surface area contributed by atoms with Crippen molar-refractivity contribution in [3.05, 3.63) is 0 Å². The Labute approximate surface area is 79.9 Å². The maximum Gasteiger partial charge on any atom is 0.0576 e. The molecule has 1 nitrogen and oxygen atoms in total. The van der Waals surface area contributed by atoms with Crippen LogP contribution in [0.2, 0.25) is 0 Å². The maximum atomic E-state index is 9.78. The molecule has 12 heavy (non-hydrogen) atoms. The molecule has 1 aliphatic heterocycles. The SMILES string of the molecule is CC(C)CCC(O)C1CCSC1. The number of rotatable bonds is 4. The summed E-state index contributed by atoms with van der Waals surface area (Å²) in [5.41, 5.74) is 0. The monoisotopic (exact) mass is 188 g/mol. The quantitative estimate of drug-likeness (QED) is 0.731. The Morgan fingerprint density at radius 3 is 2.67 bits per heavy atom. The molecule has 1 fully saturated rings. The van der Waals surface area contributed by atoms with Crippen molar-refractivity contribution in [1.82, 2.24) is 0 Å². The Kier molecular flexibility index (Phi) is 4.44. The van der Waals surface area contributed by atoms with Crippen molar-refractivity contribution in [3.8, 4) is 0 Å². The summed E-state index contributed by atoms with van der Waals surface area (Å²) in [6, 6.07) is 0. The van der Waals surface area contributed by atoms with Crippen LogP contribution >= 0.6 is 11.8 Å². The second kappa shape index (κ2) is 5.13. The maximum absolute atomic E-state index is 9.78. The van der Waals surface area contributed by atoms with Crippen molar-refractivity contribution in [1.29, 1.82) is 0 Å². The number of hydrogen-bond acceptors (Lipinski definition) is 2. The summed E-state index contributed by atoms with van der Waals surface area (Å²) in [6.07, 6.45) is 3.37. The van der Waals surface area contributed by atoms with E-state index < -0.39 is 0 Å². The number of thioether (sulfide) groups is 1. The second-order valence-electron chi connectivity index (χ2n) is 4.16. The first kappa shape index (κ1) is 10.4. The minimum absolute atomic E-state index is 0.0256. The molecule has 0 aromatic carbocycles. The molecule has 72 valence electrons. The third kappa shape index (κ3) is 3.36. The van der Waals surface area contributed by atoms with E-state index in [0.717, 1.165) is 12.3 Å². The van der Waals surface area contributed by atoms with Gasteiger partial charge >= 0.3 is 0 Å². The molecule has 0 aromatic rings. The average molecular weight is 188 g/mol. The van der Waals surface area contributed by atoms with E-state index >= 15 is 0 Å². The molecule has 0 radical (unpaired) electrons. The molecule has 0 spiro atoms. The normalized spacial score (nSPS) is 26.5. The van der Waals surface area contributed by atoms with Gasteiger partial charge in [-0.25, -0.2) is 0 Å². The van der Waals surface area contributed by atoms with Crippen molar-refractivity contribution in [2.24, 2.45) is 11.8 Å². The number of hydrogen-bond donors (Lipinski definition) is 1. The summed E-state index contributed by atoms with van der Waals surface area (Å²) >= 11 is 1.98. The van der Waals surface area contributed by atoms with Gasteiger partial charge in [-0.3, -0.25) is 0 Å². The van der Waals surface area contributed by atoms with Gasteiger partial charge in [0, 0.05) is 0 Å². The lowest BCUT2D eigenvalue weighted by Crippen LogP contribution is -2.20. The van der Waals surface area contributed by atoms with E-state index in [1.54, 1.807) is 0 Å². The van der Waals surface area contributed by atoms with Gasteiger partial charge in [0.2, 0.25) is 0 Å². The molecule has 0 saturated carbocycles. The highest BCUT2D eigenvalue weighted by molar-refractivity contribution is 7.99. The summed E-state index contributed by atoms with van der Waals surface area (Å²) in [4.78, 5) is 0. The zero-order chi connectivity index (χ0) is 8.97. The molecular formula is C10H20OS. The third-order valence-corrected chi connectivity index (χ3v) is 3.74. The Morgan fingerprint density at radius 1 is 1.42 bits per heavy atom. The molecule has 1 aliphatic rings. The predicted molar refractivity (Wildman–Crippen MR) is 55.5 cm³/mol. The highest BCUT2D eigenvalue weighted by Gasteiger charge is 2.23. The van der Waals surface area contributed by atoms with E-state index in [0.29, 0.717) is 5.92 Å². The minimum atomic E-state index is -0.0256. The summed E-state index contributed by atoms with van der Waals surface area (Å²) in [5.74, 6) is 3.75. The van der Waals surface area contributed by atoms with Crippen LogP contribution < -0.4 is 0 Å². The molecular weight excluding hydrogens is 168 g/mol. The topological polar surface area (TPSA) is 20.2 Å². The van der Waals surface area contributed by atoms with Crippen LogP contribution in [-0.4, -0.2) is 22.7 Å². The average Bonchev–Trinajstić information content (AvgIpc) is 2.51. The fourth-order valence-electron chi connectivity index (χ4n) is 1.60. The van der Waals surface area contributed by atoms with Crippen molar-refractivity contribution in [2.45, 2.75) is 39.2 Å². The van der Waals surface area contributed by atoms with E-state index in [9.17, 15) is 5.11 Å². The van der Waals surface area contributed by atoms with E-state index in [-0.39, 0.29) is 6.10 Å². The first-order valence-electron chi connectivity index (χ1n) is 4.96. The lowest BCUT2D eigenvalue weighted by molar-refractivity contribution is 0.105. The lowest BCUT2D eigenvalue weighted by atomic mass is 9.95. The van der Waals surface area contributed by atoms with Crippen LogP contribution in [-0.2, 0) is 0 Å². The molecule has 0 aliphatic carbocycles. The lowest BCUT2D eigenvalue weighted by Gasteiger charge is -2.17. The van der Waals surface area contributed by atoms with Crippen molar-refractivity contribution < 1.29 is 5.11 Å². The second-order valence-corrected chi connectivity index (χ2v) is 5.31. The molecule has 2 heteroatoms. The summed E-state index contributed by atoms with van der Waals surface area (Å²) in [5, 5.41) is 9.78. The van der Waals surface area contributed by atoms with Crippen LogP contribution in [0.1, 0.15) is 33.1 Å². The van der Waals surface area contributed by atoms with Gasteiger partial charge in [0.05, 0.1) is 6.10 Å². The summed E-state index contributed by atoms with van der Waals surface area (Å²) < 4.78 is 0. The highest BCUT2D eigenvalue weighted by Crippen LogP contribution is 2.28. The Bertz CT molecular complexity index is 119. The third-order valence-electron chi connectivity index (χ3n) is 2.55. The Balaban J connectivity index is 2.13. The molecule has 1 heterocycles. The molecule has 2 atom stereocenters. The van der Waals surface area contributed by atoms with Gasteiger partial charge in [0.15, 0.2) is 0 Å². The summed E-state index contributed by atoms with van der Waals surface area (Å²) in [6.45, 7) is 4.44. The van der Waals surface area contributed by atoms with Crippen LogP contribution in [0.25, 0.3) is 0 Å². The molecule has 0 bridgehead atoms. The zero-order valence-corrected chi connectivity index (χ0v) is 8.94. The molecule has 0 aromatic heterocycles. The Hall–Kier alpha value is 0.310. The minimum Gasteiger partial charge on any atom is -0.393 e. The van der Waals surface area contributed by atoms with Gasteiger partial charge in [-0.2, -0.15) is 11.8 Å². The van der Waals surface area contributed by atoms with Gasteiger partial charge in [0.25, 0.3) is 0 Å². The van der Waals surface area contributed by atoms with Gasteiger partial charge in [0.1, 0.15) is 0 Å². The fourth-order valence-corrected chi connectivity index (χ4v) is 2.92. The largest absolute Gasteiger partial charge is 0.393 e. The first-order valence-corrected chi connectivity index (χ1v) is 6.11. The summed E-state index contributed by atoms with van der Waals surface area (Å²) in [7, 11) is 0. The van der Waals surface area contributed by atoms with Crippen LogP contribution in [0.5, 0.6) is 0 Å². The van der Waals surface area contributed by atoms with E-state index in [2.05, 4.69) is 13.8 Å². The molecule has 2 unspecified atom stereocenters. The van der Waals surface area contributed by atoms with Crippen molar-refractivity contribution in [3.63, 3.8) is 0 Å². The van der Waals surface area contributed by atoms with Gasteiger partial charge < -0.3 is 5.11 Å². The van der Waals surface area contributed by atoms with Crippen LogP contribution in [0.3, 0.4) is 0 Å². The standard InChI is InChI=1S/C10H20OS/c1-8(2)3-4-10(11)9-5-6-12-7-9/h8-11H,3-7H2,1-2H3. The van der Waals surface area contributed by atoms with Crippen molar-refractivity contribution >= 4 is 11.8 Å². The zero-order valence-electron chi connectivity index (χ0n) is 8.12. The molecule has 1 N–H and O–H groups in total. The van der Waals surface area contributed by atoms with Gasteiger partial charge in [-0.1, -0.05) is 13.8 Å². The predicted octanol–water partition coefficient (Wildman–Crippen LogP) is 2.54. The van der Waals surface area contributed by atoms with Crippen molar-refractivity contribution in [2.75, 3.05) is 11.5 Å². The van der Waals surface area contributed by atoms with Gasteiger partial charge in [-0.15, -0.1) is 0 Å². The smallest absolute Gasteiger partial charge is 0.0576 e. The van der Waals surface area contributed by atoms with E-state index in [1.807, 2.05) is 11.8 Å². The van der Waals surface area contributed by atoms with Gasteiger partial charge in [-0.05, 0) is 42.6 Å². The van der Waals surface area contributed by atoms with E-state index in [1.165, 1.54) is 24.3 Å². The molecule has 0 amide bonds. The van der Waals surface area contributed by atoms with Crippen LogP contribution in [0.15, 0.2) is 0 Å². The van der Waals surface area contributed by atoms with Crippen LogP contribution in [0.4, 0.5) is 0 Å². The number of aliphatic hydroxyl groups excluding tert-OH is 1.